The van der Waals surface area contributed by atoms with Gasteiger partial charge in [0.15, 0.2) is 0 Å². The van der Waals surface area contributed by atoms with E-state index in [4.69, 9.17) is 11.5 Å². The van der Waals surface area contributed by atoms with Crippen molar-refractivity contribution >= 4 is 47.3 Å². The lowest BCUT2D eigenvalue weighted by atomic mass is 9.96. The maximum atomic E-state index is 13.2. The number of carbonyl (C=O) groups excluding carboxylic acids is 8. The third-order valence-corrected chi connectivity index (χ3v) is 9.29. The number of amides is 8. The molecule has 16 nitrogen and oxygen atoms in total. The minimum Gasteiger partial charge on any atom is -0.369 e. The summed E-state index contributed by atoms with van der Waals surface area (Å²) in [5, 5.41) is 13.5. The van der Waals surface area contributed by atoms with Gasteiger partial charge in [0.05, 0.1) is 0 Å². The zero-order valence-corrected chi connectivity index (χ0v) is 30.4. The lowest BCUT2D eigenvalue weighted by Gasteiger charge is -2.23. The van der Waals surface area contributed by atoms with Gasteiger partial charge in [-0.25, -0.2) is 0 Å². The molecule has 51 heavy (non-hydrogen) atoms. The molecular formula is C35H60N8O8. The van der Waals surface area contributed by atoms with Crippen molar-refractivity contribution in [1.29, 1.82) is 0 Å². The Kier molecular flexibility index (Phi) is 19.6. The van der Waals surface area contributed by atoms with Crippen LogP contribution in [0.5, 0.6) is 0 Å². The van der Waals surface area contributed by atoms with E-state index in [1.807, 2.05) is 0 Å². The average Bonchev–Trinajstić information content (AvgIpc) is 3.98. The molecule has 2 aliphatic rings. The number of nitrogens with zero attached hydrogens (tertiary/aromatic N) is 1. The highest BCUT2D eigenvalue weighted by atomic mass is 16.2. The summed E-state index contributed by atoms with van der Waals surface area (Å²) in [6, 6.07) is -0.826. The summed E-state index contributed by atoms with van der Waals surface area (Å²) in [4.78, 5) is 99.0. The first-order valence-electron chi connectivity index (χ1n) is 18.5. The standard InChI is InChI=1S/C35H60N8O8/c1-23(44)38-17-8-5-11-29(42-24(2)45)35(51)41-20-16-32(48)43(21-30(46)39-18-6-3-9-27(33(36)49)25-12-13-25)22-31(47)40-19-7-4-10-28(34(37)50)26-14-15-26/h25-29H,3-22H2,1-2H3,(H2,36,49)(H2,37,50)(H,38,44)(H,39,46)(H,40,47)(H,41,51)(H,42,45)/t27-,28-,29+/m1/s1. The highest BCUT2D eigenvalue weighted by molar-refractivity contribution is 5.90. The third kappa shape index (κ3) is 19.1. The number of carbonyl (C=O) groups is 8. The van der Waals surface area contributed by atoms with E-state index in [1.54, 1.807) is 0 Å². The van der Waals surface area contributed by atoms with Gasteiger partial charge in [0, 0.05) is 58.3 Å². The molecule has 3 atom stereocenters. The molecule has 16 heteroatoms. The van der Waals surface area contributed by atoms with E-state index >= 15 is 0 Å². The van der Waals surface area contributed by atoms with Gasteiger partial charge in [-0.05, 0) is 82.5 Å². The van der Waals surface area contributed by atoms with Crippen molar-refractivity contribution in [2.45, 2.75) is 110 Å². The van der Waals surface area contributed by atoms with Crippen molar-refractivity contribution in [1.82, 2.24) is 31.5 Å². The first-order valence-corrected chi connectivity index (χ1v) is 18.5. The van der Waals surface area contributed by atoms with E-state index in [0.717, 1.165) is 30.6 Å². The second-order valence-electron chi connectivity index (χ2n) is 13.9. The highest BCUT2D eigenvalue weighted by Crippen LogP contribution is 2.39. The van der Waals surface area contributed by atoms with Gasteiger partial charge in [0.25, 0.3) is 0 Å². The Balaban J connectivity index is 1.86. The summed E-state index contributed by atoms with van der Waals surface area (Å²) in [6.45, 7) is 3.02. The van der Waals surface area contributed by atoms with Crippen molar-refractivity contribution in [3.05, 3.63) is 0 Å². The maximum absolute atomic E-state index is 13.2. The van der Waals surface area contributed by atoms with Crippen molar-refractivity contribution in [2.75, 3.05) is 39.3 Å². The van der Waals surface area contributed by atoms with E-state index in [1.165, 1.54) is 13.8 Å². The van der Waals surface area contributed by atoms with Crippen LogP contribution in [0.25, 0.3) is 0 Å². The van der Waals surface area contributed by atoms with Crippen molar-refractivity contribution in [2.24, 2.45) is 35.1 Å². The monoisotopic (exact) mass is 720 g/mol. The lowest BCUT2D eigenvalue weighted by molar-refractivity contribution is -0.139. The van der Waals surface area contributed by atoms with E-state index in [9.17, 15) is 38.4 Å². The first kappa shape index (κ1) is 42.9. The van der Waals surface area contributed by atoms with Crippen LogP contribution in [0.15, 0.2) is 0 Å². The molecule has 9 N–H and O–H groups in total. The molecule has 0 heterocycles. The van der Waals surface area contributed by atoms with Crippen LogP contribution >= 0.6 is 0 Å². The fourth-order valence-electron chi connectivity index (χ4n) is 6.17. The molecule has 0 bridgehead atoms. The number of nitrogens with one attached hydrogen (secondary N) is 5. The number of unbranched alkanes of at least 4 members (excludes halogenated alkanes) is 3. The van der Waals surface area contributed by atoms with Gasteiger partial charge in [-0.2, -0.15) is 0 Å². The van der Waals surface area contributed by atoms with Crippen LogP contribution in [-0.4, -0.2) is 97.5 Å². The number of hydrogen-bond acceptors (Lipinski definition) is 8. The number of hydrogen-bond donors (Lipinski definition) is 7. The second kappa shape index (κ2) is 23.3. The second-order valence-corrected chi connectivity index (χ2v) is 13.9. The summed E-state index contributed by atoms with van der Waals surface area (Å²) in [6.07, 6.45) is 9.38. The molecule has 0 aliphatic heterocycles. The largest absolute Gasteiger partial charge is 0.369 e. The summed E-state index contributed by atoms with van der Waals surface area (Å²) in [7, 11) is 0. The van der Waals surface area contributed by atoms with Crippen LogP contribution in [-0.2, 0) is 38.4 Å². The molecule has 2 fully saturated rings. The smallest absolute Gasteiger partial charge is 0.242 e. The van der Waals surface area contributed by atoms with Crippen molar-refractivity contribution < 1.29 is 38.4 Å². The minimum atomic E-state index is -0.826. The molecule has 2 saturated carbocycles. The maximum Gasteiger partial charge on any atom is 0.242 e. The highest BCUT2D eigenvalue weighted by Gasteiger charge is 2.35. The molecule has 0 aromatic rings. The molecule has 2 rings (SSSR count). The van der Waals surface area contributed by atoms with Gasteiger partial charge >= 0.3 is 0 Å². The topological polar surface area (TPSA) is 252 Å². The van der Waals surface area contributed by atoms with E-state index in [-0.39, 0.29) is 61.5 Å². The molecule has 0 unspecified atom stereocenters. The number of rotatable bonds is 28. The Hall–Kier alpha value is -4.24. The quantitative estimate of drug-likeness (QED) is 0.0529. The summed E-state index contributed by atoms with van der Waals surface area (Å²) in [5.41, 5.74) is 11.0. The van der Waals surface area contributed by atoms with Gasteiger partial charge in [-0.15, -0.1) is 0 Å². The number of primary amides is 2. The predicted molar refractivity (Wildman–Crippen MR) is 189 cm³/mol. The zero-order valence-electron chi connectivity index (χ0n) is 30.4. The molecule has 2 aliphatic carbocycles. The summed E-state index contributed by atoms with van der Waals surface area (Å²) >= 11 is 0. The molecular weight excluding hydrogens is 660 g/mol. The van der Waals surface area contributed by atoms with Crippen LogP contribution in [0.2, 0.25) is 0 Å². The molecule has 0 aromatic heterocycles. The van der Waals surface area contributed by atoms with Gasteiger partial charge < -0.3 is 43.0 Å². The van der Waals surface area contributed by atoms with E-state index in [0.29, 0.717) is 89.3 Å². The molecule has 8 amide bonds. The van der Waals surface area contributed by atoms with Gasteiger partial charge in [0.1, 0.15) is 19.1 Å². The molecule has 0 aromatic carbocycles. The predicted octanol–water partition coefficient (Wildman–Crippen LogP) is -0.272. The first-order chi connectivity index (χ1) is 24.3. The van der Waals surface area contributed by atoms with Crippen LogP contribution in [0.3, 0.4) is 0 Å². The zero-order chi connectivity index (χ0) is 37.8. The van der Waals surface area contributed by atoms with Crippen molar-refractivity contribution in [3.8, 4) is 0 Å². The number of nitrogens with two attached hydrogens (primary N) is 2. The van der Waals surface area contributed by atoms with Crippen LogP contribution in [0.1, 0.15) is 104 Å². The van der Waals surface area contributed by atoms with E-state index in [2.05, 4.69) is 26.6 Å². The SMILES string of the molecule is CC(=O)NCCCC[C@H](NC(C)=O)C(=O)NCCC(=O)N(CC(=O)NCCCC[C@@H](C(N)=O)C1CC1)CC(=O)NCCCC[C@@H](C(N)=O)C1CC1. The van der Waals surface area contributed by atoms with Gasteiger partial charge in [-0.3, -0.25) is 38.4 Å². The van der Waals surface area contributed by atoms with Crippen LogP contribution in [0.4, 0.5) is 0 Å². The van der Waals surface area contributed by atoms with Crippen LogP contribution in [0, 0.1) is 23.7 Å². The van der Waals surface area contributed by atoms with E-state index < -0.39 is 29.7 Å². The van der Waals surface area contributed by atoms with Gasteiger partial charge in [0.2, 0.25) is 47.3 Å². The van der Waals surface area contributed by atoms with Crippen molar-refractivity contribution in [3.63, 3.8) is 0 Å². The molecule has 288 valence electrons. The van der Waals surface area contributed by atoms with Crippen LogP contribution < -0.4 is 38.1 Å². The Bertz CT molecular complexity index is 1150. The van der Waals surface area contributed by atoms with Gasteiger partial charge in [-0.1, -0.05) is 12.8 Å². The minimum absolute atomic E-state index is 0.0799. The Morgan fingerprint density at radius 3 is 1.45 bits per heavy atom. The summed E-state index contributed by atoms with van der Waals surface area (Å²) in [5.74, 6) is -2.56. The fraction of sp³-hybridized carbons (Fsp3) is 0.771. The third-order valence-electron chi connectivity index (χ3n) is 9.29. The Labute approximate surface area is 301 Å². The molecule has 0 saturated heterocycles. The molecule has 0 spiro atoms. The average molecular weight is 721 g/mol. The molecule has 0 radical (unpaired) electrons. The lowest BCUT2D eigenvalue weighted by Crippen LogP contribution is -2.48. The summed E-state index contributed by atoms with van der Waals surface area (Å²) < 4.78 is 0. The fourth-order valence-corrected chi connectivity index (χ4v) is 6.17. The Morgan fingerprint density at radius 2 is 1.04 bits per heavy atom. The Morgan fingerprint density at radius 1 is 0.588 bits per heavy atom. The normalized spacial score (nSPS) is 15.4.